The number of aromatic nitrogens is 2. The fourth-order valence-corrected chi connectivity index (χ4v) is 4.40. The number of fused-ring (bicyclic) bond motifs is 1. The predicted molar refractivity (Wildman–Crippen MR) is 118 cm³/mol. The van der Waals surface area contributed by atoms with Crippen LogP contribution in [-0.4, -0.2) is 34.4 Å². The van der Waals surface area contributed by atoms with Gasteiger partial charge in [0, 0.05) is 29.4 Å². The van der Waals surface area contributed by atoms with E-state index in [2.05, 4.69) is 9.97 Å². The van der Waals surface area contributed by atoms with Gasteiger partial charge in [0.2, 0.25) is 5.89 Å². The molecule has 1 fully saturated rings. The number of piperidine rings is 1. The molecule has 6 nitrogen and oxygen atoms in total. The summed E-state index contributed by atoms with van der Waals surface area (Å²) in [6.45, 7) is 0.622. The maximum absolute atomic E-state index is 13.5. The molecule has 2 aromatic carbocycles. The van der Waals surface area contributed by atoms with Crippen molar-refractivity contribution in [3.05, 3.63) is 83.5 Å². The first-order valence-corrected chi connectivity index (χ1v) is 10.8. The Kier molecular flexibility index (Phi) is 5.39. The number of nitrogens with zero attached hydrogens (tertiary/aromatic N) is 2. The maximum Gasteiger partial charge on any atom is 0.270 e. The number of halogens is 1. The van der Waals surface area contributed by atoms with E-state index in [0.717, 1.165) is 41.7 Å². The molecule has 1 N–H and O–H groups in total. The molecule has 1 saturated heterocycles. The van der Waals surface area contributed by atoms with E-state index in [1.165, 1.54) is 12.1 Å². The van der Waals surface area contributed by atoms with Gasteiger partial charge in [-0.3, -0.25) is 4.79 Å². The number of carbonyl (C=O) groups excluding carboxylic acids is 1. The van der Waals surface area contributed by atoms with E-state index < -0.39 is 0 Å². The van der Waals surface area contributed by atoms with Gasteiger partial charge in [-0.2, -0.15) is 0 Å². The van der Waals surface area contributed by atoms with Crippen LogP contribution in [0.25, 0.3) is 10.9 Å². The third-order valence-electron chi connectivity index (χ3n) is 5.99. The van der Waals surface area contributed by atoms with E-state index >= 15 is 0 Å². The monoisotopic (exact) mass is 433 g/mol. The number of H-pyrrole nitrogens is 1. The lowest BCUT2D eigenvalue weighted by Crippen LogP contribution is -2.38. The van der Waals surface area contributed by atoms with Crippen LogP contribution >= 0.6 is 0 Å². The second-order valence-electron chi connectivity index (χ2n) is 8.08. The number of rotatable bonds is 5. The van der Waals surface area contributed by atoms with Gasteiger partial charge in [0.25, 0.3) is 5.91 Å². The summed E-state index contributed by atoms with van der Waals surface area (Å²) in [7, 11) is 1.65. The van der Waals surface area contributed by atoms with Crippen molar-refractivity contribution < 1.29 is 18.3 Å². The van der Waals surface area contributed by atoms with Gasteiger partial charge in [-0.15, -0.1) is 0 Å². The third-order valence-corrected chi connectivity index (χ3v) is 5.99. The van der Waals surface area contributed by atoms with Crippen LogP contribution in [-0.2, 0) is 6.42 Å². The minimum absolute atomic E-state index is 0.129. The van der Waals surface area contributed by atoms with Crippen molar-refractivity contribution in [3.8, 4) is 5.75 Å². The van der Waals surface area contributed by atoms with Gasteiger partial charge in [-0.25, -0.2) is 9.37 Å². The molecule has 32 heavy (non-hydrogen) atoms. The molecule has 0 aliphatic carbocycles. The number of likely N-dealkylation sites (tertiary alicyclic amines) is 1. The number of aromatic amines is 1. The number of ether oxygens (including phenoxy) is 1. The summed E-state index contributed by atoms with van der Waals surface area (Å²) in [6, 6.07) is 13.8. The summed E-state index contributed by atoms with van der Waals surface area (Å²) in [4.78, 5) is 22.7. The number of nitrogens with one attached hydrogen (secondary N) is 1. The normalized spacial score (nSPS) is 16.4. The van der Waals surface area contributed by atoms with Gasteiger partial charge in [0.1, 0.15) is 29.1 Å². The SMILES string of the molecule is COc1ccccc1Cc1cnc(C2CCCCN2C(=O)c2cc3ccc(F)cc3[nH]2)o1. The highest BCUT2D eigenvalue weighted by Crippen LogP contribution is 2.33. The van der Waals surface area contributed by atoms with Crippen molar-refractivity contribution in [2.24, 2.45) is 0 Å². The lowest BCUT2D eigenvalue weighted by molar-refractivity contribution is 0.0565. The van der Waals surface area contributed by atoms with Crippen molar-refractivity contribution in [2.45, 2.75) is 31.7 Å². The van der Waals surface area contributed by atoms with Crippen molar-refractivity contribution in [1.82, 2.24) is 14.9 Å². The first kappa shape index (κ1) is 20.3. The molecule has 7 heteroatoms. The highest BCUT2D eigenvalue weighted by Gasteiger charge is 2.32. The Bertz CT molecular complexity index is 1260. The molecule has 4 aromatic rings. The molecule has 0 bridgehead atoms. The Morgan fingerprint density at radius 3 is 3.00 bits per heavy atom. The number of hydrogen-bond donors (Lipinski definition) is 1. The zero-order valence-electron chi connectivity index (χ0n) is 17.8. The van der Waals surface area contributed by atoms with E-state index in [0.29, 0.717) is 30.1 Å². The average Bonchev–Trinajstić information content (AvgIpc) is 3.45. The minimum atomic E-state index is -0.337. The molecule has 164 valence electrons. The fourth-order valence-electron chi connectivity index (χ4n) is 4.40. The second-order valence-corrected chi connectivity index (χ2v) is 8.08. The Balaban J connectivity index is 1.39. The Labute approximate surface area is 185 Å². The molecule has 1 aliphatic rings. The minimum Gasteiger partial charge on any atom is -0.496 e. The zero-order valence-corrected chi connectivity index (χ0v) is 17.8. The van der Waals surface area contributed by atoms with Crippen LogP contribution in [0.1, 0.15) is 53.0 Å². The Morgan fingerprint density at radius 1 is 1.25 bits per heavy atom. The number of carbonyl (C=O) groups is 1. The van der Waals surface area contributed by atoms with Gasteiger partial charge < -0.3 is 19.0 Å². The summed E-state index contributed by atoms with van der Waals surface area (Å²) < 4.78 is 25.1. The molecule has 1 amide bonds. The van der Waals surface area contributed by atoms with Crippen molar-refractivity contribution >= 4 is 16.8 Å². The van der Waals surface area contributed by atoms with E-state index in [-0.39, 0.29) is 17.8 Å². The standard InChI is InChI=1S/C25H24FN3O3/c1-31-23-8-3-2-6-17(23)12-19-15-27-24(32-19)22-7-4-5-11-29(22)25(30)21-13-16-9-10-18(26)14-20(16)28-21/h2-3,6,8-10,13-15,22,28H,4-5,7,11-12H2,1H3. The highest BCUT2D eigenvalue weighted by molar-refractivity contribution is 5.98. The van der Waals surface area contributed by atoms with E-state index in [1.807, 2.05) is 29.2 Å². The van der Waals surface area contributed by atoms with Crippen LogP contribution in [0.4, 0.5) is 4.39 Å². The van der Waals surface area contributed by atoms with Gasteiger partial charge in [0.05, 0.1) is 13.3 Å². The Morgan fingerprint density at radius 2 is 2.12 bits per heavy atom. The predicted octanol–water partition coefficient (Wildman–Crippen LogP) is 5.26. The van der Waals surface area contributed by atoms with E-state index in [1.54, 1.807) is 25.4 Å². The quantitative estimate of drug-likeness (QED) is 0.466. The summed E-state index contributed by atoms with van der Waals surface area (Å²) in [5, 5.41) is 0.804. The lowest BCUT2D eigenvalue weighted by Gasteiger charge is -2.33. The van der Waals surface area contributed by atoms with Crippen LogP contribution in [0, 0.1) is 5.82 Å². The van der Waals surface area contributed by atoms with Crippen molar-refractivity contribution in [2.75, 3.05) is 13.7 Å². The number of benzene rings is 2. The van der Waals surface area contributed by atoms with Gasteiger partial charge in [-0.1, -0.05) is 18.2 Å². The molecule has 5 rings (SSSR count). The number of amides is 1. The van der Waals surface area contributed by atoms with Crippen molar-refractivity contribution in [1.29, 1.82) is 0 Å². The molecule has 1 atom stereocenters. The third kappa shape index (κ3) is 3.86. The van der Waals surface area contributed by atoms with Crippen LogP contribution in [0.5, 0.6) is 5.75 Å². The largest absolute Gasteiger partial charge is 0.496 e. The maximum atomic E-state index is 13.5. The molecule has 1 unspecified atom stereocenters. The van der Waals surface area contributed by atoms with Crippen LogP contribution in [0.3, 0.4) is 0 Å². The van der Waals surface area contributed by atoms with Crippen LogP contribution in [0.15, 0.2) is 59.1 Å². The summed E-state index contributed by atoms with van der Waals surface area (Å²) in [5.41, 5.74) is 2.06. The molecule has 0 spiro atoms. The van der Waals surface area contributed by atoms with Gasteiger partial charge in [0.15, 0.2) is 0 Å². The average molecular weight is 433 g/mol. The zero-order chi connectivity index (χ0) is 22.1. The molecular weight excluding hydrogens is 409 g/mol. The number of hydrogen-bond acceptors (Lipinski definition) is 4. The molecule has 2 aromatic heterocycles. The number of oxazole rings is 1. The summed E-state index contributed by atoms with van der Waals surface area (Å²) >= 11 is 0. The summed E-state index contributed by atoms with van der Waals surface area (Å²) in [5.74, 6) is 1.61. The molecule has 0 radical (unpaired) electrons. The lowest BCUT2D eigenvalue weighted by atomic mass is 10.0. The molecule has 3 heterocycles. The van der Waals surface area contributed by atoms with E-state index in [9.17, 15) is 9.18 Å². The second kappa shape index (κ2) is 8.49. The van der Waals surface area contributed by atoms with E-state index in [4.69, 9.17) is 9.15 Å². The Hall–Kier alpha value is -3.61. The fraction of sp³-hybridized carbons (Fsp3) is 0.280. The summed E-state index contributed by atoms with van der Waals surface area (Å²) in [6.07, 6.45) is 4.99. The number of para-hydroxylation sites is 1. The highest BCUT2D eigenvalue weighted by atomic mass is 19.1. The van der Waals surface area contributed by atoms with Crippen LogP contribution < -0.4 is 4.74 Å². The van der Waals surface area contributed by atoms with Crippen molar-refractivity contribution in [3.63, 3.8) is 0 Å². The molecule has 1 aliphatic heterocycles. The molecule has 0 saturated carbocycles. The number of methoxy groups -OCH3 is 1. The first-order chi connectivity index (χ1) is 15.6. The first-order valence-electron chi connectivity index (χ1n) is 10.8. The van der Waals surface area contributed by atoms with Gasteiger partial charge in [-0.05, 0) is 49.6 Å². The topological polar surface area (TPSA) is 71.4 Å². The smallest absolute Gasteiger partial charge is 0.270 e. The molecular formula is C25H24FN3O3. The van der Waals surface area contributed by atoms with Gasteiger partial charge >= 0.3 is 0 Å². The van der Waals surface area contributed by atoms with Crippen LogP contribution in [0.2, 0.25) is 0 Å².